The molecule has 0 saturated carbocycles. The highest BCUT2D eigenvalue weighted by Gasteiger charge is 2.37. The number of rotatable bonds is 3. The molecule has 1 saturated heterocycles. The zero-order valence-corrected chi connectivity index (χ0v) is 12.2. The number of likely N-dealkylation sites (tertiary alicyclic amines) is 1. The Bertz CT molecular complexity index is 539. The minimum atomic E-state index is -0.289. The Balaban J connectivity index is 2.22. The number of nitrogens with zero attached hydrogens (tertiary/aromatic N) is 2. The highest BCUT2D eigenvalue weighted by Crippen LogP contribution is 2.32. The molecule has 6 nitrogen and oxygen atoms in total. The van der Waals surface area contributed by atoms with Crippen LogP contribution in [0.3, 0.4) is 0 Å². The van der Waals surface area contributed by atoms with E-state index in [4.69, 9.17) is 17.4 Å². The normalized spacial score (nSPS) is 18.3. The summed E-state index contributed by atoms with van der Waals surface area (Å²) in [5.74, 6) is 5.32. The monoisotopic (exact) mass is 296 g/mol. The fraction of sp³-hybridized carbons (Fsp3) is 0.462. The van der Waals surface area contributed by atoms with Gasteiger partial charge >= 0.3 is 0 Å². The van der Waals surface area contributed by atoms with Gasteiger partial charge in [0, 0.05) is 12.8 Å². The highest BCUT2D eigenvalue weighted by atomic mass is 35.5. The third-order valence-electron chi connectivity index (χ3n) is 3.24. The number of aromatic nitrogens is 1. The third-order valence-corrected chi connectivity index (χ3v) is 3.58. The lowest BCUT2D eigenvalue weighted by Gasteiger charge is -2.34. The Kier molecular flexibility index (Phi) is 3.96. The first-order valence-electron chi connectivity index (χ1n) is 6.28. The molecule has 1 aliphatic heterocycles. The summed E-state index contributed by atoms with van der Waals surface area (Å²) < 4.78 is 0. The van der Waals surface area contributed by atoms with E-state index in [2.05, 4.69) is 10.4 Å². The van der Waals surface area contributed by atoms with Gasteiger partial charge in [-0.1, -0.05) is 25.4 Å². The molecule has 3 N–H and O–H groups in total. The van der Waals surface area contributed by atoms with E-state index in [0.717, 1.165) is 0 Å². The number of piperidine rings is 1. The highest BCUT2D eigenvalue weighted by molar-refractivity contribution is 6.31. The molecule has 2 heterocycles. The number of hydrogen-bond acceptors (Lipinski definition) is 5. The largest absolute Gasteiger partial charge is 0.308 e. The van der Waals surface area contributed by atoms with E-state index in [1.54, 1.807) is 12.1 Å². The van der Waals surface area contributed by atoms with Gasteiger partial charge in [-0.3, -0.25) is 14.5 Å². The number of carbonyl (C=O) groups is 2. The second-order valence-corrected chi connectivity index (χ2v) is 6.07. The van der Waals surface area contributed by atoms with Crippen molar-refractivity contribution in [1.82, 2.24) is 9.88 Å². The lowest BCUT2D eigenvalue weighted by Crippen LogP contribution is -2.45. The quantitative estimate of drug-likeness (QED) is 0.503. The van der Waals surface area contributed by atoms with Crippen LogP contribution in [0.4, 0.5) is 5.82 Å². The van der Waals surface area contributed by atoms with Crippen LogP contribution in [0.2, 0.25) is 5.02 Å². The summed E-state index contributed by atoms with van der Waals surface area (Å²) in [5, 5.41) is 0.398. The van der Waals surface area contributed by atoms with Gasteiger partial charge in [0.1, 0.15) is 5.82 Å². The molecule has 2 rings (SSSR count). The second-order valence-electron chi connectivity index (χ2n) is 5.66. The van der Waals surface area contributed by atoms with Gasteiger partial charge in [0.2, 0.25) is 11.8 Å². The van der Waals surface area contributed by atoms with Crippen molar-refractivity contribution in [3.05, 3.63) is 22.8 Å². The van der Waals surface area contributed by atoms with E-state index < -0.39 is 0 Å². The average molecular weight is 297 g/mol. The second kappa shape index (κ2) is 5.38. The number of nitrogens with one attached hydrogen (secondary N) is 1. The molecule has 0 aliphatic carbocycles. The first kappa shape index (κ1) is 14.7. The van der Waals surface area contributed by atoms with E-state index in [9.17, 15) is 9.59 Å². The summed E-state index contributed by atoms with van der Waals surface area (Å²) >= 11 is 6.04. The standard InChI is InChI=1S/C13H17ClN4O2/c1-13(2)5-11(19)18(12(20)6-13)7-9-8(14)3-4-10(16-9)17-15/h3-4H,5-7,15H2,1-2H3,(H,16,17). The zero-order valence-electron chi connectivity index (χ0n) is 11.4. The minimum absolute atomic E-state index is 0.0715. The van der Waals surface area contributed by atoms with E-state index in [0.29, 0.717) is 29.4 Å². The van der Waals surface area contributed by atoms with Gasteiger partial charge in [-0.25, -0.2) is 10.8 Å². The maximum absolute atomic E-state index is 12.1. The van der Waals surface area contributed by atoms with Crippen molar-refractivity contribution in [1.29, 1.82) is 0 Å². The third kappa shape index (κ3) is 3.08. The molecule has 0 atom stereocenters. The lowest BCUT2D eigenvalue weighted by molar-refractivity contribution is -0.153. The lowest BCUT2D eigenvalue weighted by atomic mass is 9.82. The fourth-order valence-corrected chi connectivity index (χ4v) is 2.38. The predicted octanol–water partition coefficient (Wildman–Crippen LogP) is 1.70. The Morgan fingerprint density at radius 3 is 2.50 bits per heavy atom. The van der Waals surface area contributed by atoms with E-state index in [1.807, 2.05) is 13.8 Å². The maximum Gasteiger partial charge on any atom is 0.230 e. The van der Waals surface area contributed by atoms with Crippen LogP contribution in [0.1, 0.15) is 32.4 Å². The van der Waals surface area contributed by atoms with Crippen LogP contribution in [-0.2, 0) is 16.1 Å². The van der Waals surface area contributed by atoms with E-state index in [-0.39, 0.29) is 23.8 Å². The molecule has 1 aromatic rings. The van der Waals surface area contributed by atoms with Crippen LogP contribution in [0.25, 0.3) is 0 Å². The smallest absolute Gasteiger partial charge is 0.230 e. The van der Waals surface area contributed by atoms with Gasteiger partial charge in [0.25, 0.3) is 0 Å². The van der Waals surface area contributed by atoms with Gasteiger partial charge in [-0.15, -0.1) is 0 Å². The molecule has 0 radical (unpaired) electrons. The van der Waals surface area contributed by atoms with Crippen molar-refractivity contribution in [3.8, 4) is 0 Å². The molecule has 0 spiro atoms. The number of hydrogen-bond donors (Lipinski definition) is 2. The zero-order chi connectivity index (χ0) is 14.9. The van der Waals surface area contributed by atoms with Crippen molar-refractivity contribution in [2.45, 2.75) is 33.2 Å². The van der Waals surface area contributed by atoms with Crippen LogP contribution < -0.4 is 11.3 Å². The number of hydrazine groups is 1. The number of halogens is 1. The maximum atomic E-state index is 12.1. The molecule has 0 unspecified atom stereocenters. The first-order valence-corrected chi connectivity index (χ1v) is 6.65. The van der Waals surface area contributed by atoms with Gasteiger partial charge in [-0.2, -0.15) is 0 Å². The number of carbonyl (C=O) groups excluding carboxylic acids is 2. The van der Waals surface area contributed by atoms with Gasteiger partial charge in [0.05, 0.1) is 17.3 Å². The number of amides is 2. The molecular weight excluding hydrogens is 280 g/mol. The van der Waals surface area contributed by atoms with Crippen molar-refractivity contribution in [2.24, 2.45) is 11.3 Å². The Morgan fingerprint density at radius 2 is 1.95 bits per heavy atom. The summed E-state index contributed by atoms with van der Waals surface area (Å²) in [7, 11) is 0. The molecule has 7 heteroatoms. The number of nitrogens with two attached hydrogens (primary N) is 1. The Labute approximate surface area is 122 Å². The van der Waals surface area contributed by atoms with E-state index in [1.165, 1.54) is 4.90 Å². The fourth-order valence-electron chi connectivity index (χ4n) is 2.21. The molecule has 108 valence electrons. The topological polar surface area (TPSA) is 88.3 Å². The molecule has 0 bridgehead atoms. The molecule has 1 aliphatic rings. The van der Waals surface area contributed by atoms with Crippen molar-refractivity contribution in [2.75, 3.05) is 5.43 Å². The summed E-state index contributed by atoms with van der Waals surface area (Å²) in [4.78, 5) is 29.6. The summed E-state index contributed by atoms with van der Waals surface area (Å²) in [6.45, 7) is 3.89. The van der Waals surface area contributed by atoms with Gasteiger partial charge in [0.15, 0.2) is 0 Å². The van der Waals surface area contributed by atoms with Crippen LogP contribution in [-0.4, -0.2) is 21.7 Å². The first-order chi connectivity index (χ1) is 9.32. The van der Waals surface area contributed by atoms with Crippen molar-refractivity contribution >= 4 is 29.2 Å². The minimum Gasteiger partial charge on any atom is -0.308 e. The van der Waals surface area contributed by atoms with E-state index >= 15 is 0 Å². The van der Waals surface area contributed by atoms with Gasteiger partial charge in [-0.05, 0) is 17.5 Å². The SMILES string of the molecule is CC1(C)CC(=O)N(Cc2nc(NN)ccc2Cl)C(=O)C1. The van der Waals surface area contributed by atoms with Gasteiger partial charge < -0.3 is 5.43 Å². The summed E-state index contributed by atoms with van der Waals surface area (Å²) in [6, 6.07) is 3.25. The van der Waals surface area contributed by atoms with Crippen molar-refractivity contribution in [3.63, 3.8) is 0 Å². The number of nitrogen functional groups attached to an aromatic ring is 1. The molecule has 0 aromatic carbocycles. The Morgan fingerprint density at radius 1 is 1.35 bits per heavy atom. The van der Waals surface area contributed by atoms with Crippen LogP contribution in [0.5, 0.6) is 0 Å². The summed E-state index contributed by atoms with van der Waals surface area (Å²) in [6.07, 6.45) is 0.677. The van der Waals surface area contributed by atoms with Crippen molar-refractivity contribution < 1.29 is 9.59 Å². The molecule has 1 aromatic heterocycles. The Hall–Kier alpha value is -1.66. The predicted molar refractivity (Wildman–Crippen MR) is 75.6 cm³/mol. The number of pyridine rings is 1. The number of anilines is 1. The molecule has 20 heavy (non-hydrogen) atoms. The summed E-state index contributed by atoms with van der Waals surface area (Å²) in [5.41, 5.74) is 2.57. The van der Waals surface area contributed by atoms with Crippen LogP contribution >= 0.6 is 11.6 Å². The molecular formula is C13H17ClN4O2. The average Bonchev–Trinajstić information content (AvgIpc) is 2.34. The molecule has 1 fully saturated rings. The molecule has 2 amide bonds. The van der Waals surface area contributed by atoms with Crippen LogP contribution in [0, 0.1) is 5.41 Å². The van der Waals surface area contributed by atoms with Crippen LogP contribution in [0.15, 0.2) is 12.1 Å². The number of imide groups is 1.